The van der Waals surface area contributed by atoms with Gasteiger partial charge >= 0.3 is 0 Å². The van der Waals surface area contributed by atoms with Gasteiger partial charge in [0, 0.05) is 51.5 Å². The van der Waals surface area contributed by atoms with Crippen LogP contribution < -0.4 is 9.80 Å². The van der Waals surface area contributed by atoms with Crippen molar-refractivity contribution < 1.29 is 0 Å². The fourth-order valence-corrected chi connectivity index (χ4v) is 4.36. The van der Waals surface area contributed by atoms with E-state index in [0.29, 0.717) is 5.02 Å². The molecule has 3 aromatic rings. The van der Waals surface area contributed by atoms with E-state index in [2.05, 4.69) is 51.1 Å². The number of nitrogens with zero attached hydrogens (tertiary/aromatic N) is 7. The number of fused-ring (bicyclic) bond motifs is 1. The number of piperazine rings is 1. The summed E-state index contributed by atoms with van der Waals surface area (Å²) < 4.78 is 1.82. The molecule has 0 amide bonds. The van der Waals surface area contributed by atoms with Crippen molar-refractivity contribution in [3.63, 3.8) is 0 Å². The van der Waals surface area contributed by atoms with Crippen LogP contribution in [-0.4, -0.2) is 64.4 Å². The van der Waals surface area contributed by atoms with Crippen LogP contribution in [0, 0.1) is 6.92 Å². The highest BCUT2D eigenvalue weighted by Crippen LogP contribution is 2.27. The molecule has 2 aliphatic rings. The van der Waals surface area contributed by atoms with Gasteiger partial charge in [0.05, 0.1) is 16.9 Å². The highest BCUT2D eigenvalue weighted by atomic mass is 35.5. The fraction of sp³-hybridized carbons (Fsp3) is 0.409. The van der Waals surface area contributed by atoms with Gasteiger partial charge in [0.1, 0.15) is 17.5 Å². The van der Waals surface area contributed by atoms with Gasteiger partial charge in [0.15, 0.2) is 0 Å². The maximum atomic E-state index is 6.05. The molecule has 0 bridgehead atoms. The van der Waals surface area contributed by atoms with E-state index >= 15 is 0 Å². The van der Waals surface area contributed by atoms with Crippen LogP contribution in [0.5, 0.6) is 0 Å². The third-order valence-corrected chi connectivity index (χ3v) is 6.18. The van der Waals surface area contributed by atoms with Crippen LogP contribution in [0.15, 0.2) is 36.7 Å². The third kappa shape index (κ3) is 3.87. The normalized spacial score (nSPS) is 17.3. The first kappa shape index (κ1) is 19.3. The molecule has 4 heterocycles. The molecular formula is C22H26ClN7. The van der Waals surface area contributed by atoms with E-state index in [1.54, 1.807) is 6.20 Å². The topological polar surface area (TPSA) is 53.3 Å². The number of rotatable bonds is 3. The molecule has 1 aromatic carbocycles. The molecule has 30 heavy (non-hydrogen) atoms. The highest BCUT2D eigenvalue weighted by molar-refractivity contribution is 6.30. The van der Waals surface area contributed by atoms with Crippen molar-refractivity contribution in [1.82, 2.24) is 24.6 Å². The van der Waals surface area contributed by atoms with Gasteiger partial charge in [-0.25, -0.2) is 14.6 Å². The molecule has 8 heteroatoms. The summed E-state index contributed by atoms with van der Waals surface area (Å²) in [6, 6.07) is 8.68. The highest BCUT2D eigenvalue weighted by Gasteiger charge is 2.21. The maximum Gasteiger partial charge on any atom is 0.134 e. The first-order valence-electron chi connectivity index (χ1n) is 10.4. The minimum absolute atomic E-state index is 0.641. The first-order chi connectivity index (χ1) is 14.5. The van der Waals surface area contributed by atoms with E-state index in [-0.39, 0.29) is 0 Å². The number of anilines is 2. The summed E-state index contributed by atoms with van der Waals surface area (Å²) in [6.07, 6.45) is 4.50. The predicted molar refractivity (Wildman–Crippen MR) is 120 cm³/mol. The van der Waals surface area contributed by atoms with Crippen LogP contribution in [0.1, 0.15) is 17.0 Å². The van der Waals surface area contributed by atoms with Crippen molar-refractivity contribution >= 4 is 23.2 Å². The zero-order valence-corrected chi connectivity index (χ0v) is 18.2. The van der Waals surface area contributed by atoms with Gasteiger partial charge in [-0.05, 0) is 43.7 Å². The van der Waals surface area contributed by atoms with Crippen LogP contribution in [-0.2, 0) is 13.0 Å². The van der Waals surface area contributed by atoms with Crippen molar-refractivity contribution in [1.29, 1.82) is 0 Å². The molecule has 1 saturated heterocycles. The van der Waals surface area contributed by atoms with E-state index in [1.165, 1.54) is 11.1 Å². The Morgan fingerprint density at radius 1 is 0.900 bits per heavy atom. The fourth-order valence-electron chi connectivity index (χ4n) is 4.22. The molecule has 0 radical (unpaired) electrons. The molecule has 0 saturated carbocycles. The molecular weight excluding hydrogens is 398 g/mol. The molecule has 0 unspecified atom stereocenters. The summed E-state index contributed by atoms with van der Waals surface area (Å²) in [7, 11) is 2.17. The van der Waals surface area contributed by atoms with Crippen LogP contribution in [0.3, 0.4) is 0 Å². The van der Waals surface area contributed by atoms with Gasteiger partial charge < -0.3 is 14.7 Å². The number of hydrogen-bond donors (Lipinski definition) is 0. The zero-order valence-electron chi connectivity index (χ0n) is 17.4. The Kier molecular flexibility index (Phi) is 5.08. The van der Waals surface area contributed by atoms with Crippen molar-refractivity contribution in [3.8, 4) is 5.69 Å². The van der Waals surface area contributed by atoms with Crippen molar-refractivity contribution in [2.45, 2.75) is 19.9 Å². The minimum Gasteiger partial charge on any atom is -0.354 e. The Balaban J connectivity index is 1.40. The number of benzene rings is 1. The second-order valence-corrected chi connectivity index (χ2v) is 8.59. The van der Waals surface area contributed by atoms with Gasteiger partial charge in [-0.15, -0.1) is 0 Å². The minimum atomic E-state index is 0.641. The van der Waals surface area contributed by atoms with Gasteiger partial charge in [-0.3, -0.25) is 0 Å². The molecule has 7 nitrogen and oxygen atoms in total. The Hall–Kier alpha value is -2.64. The van der Waals surface area contributed by atoms with Crippen LogP contribution >= 0.6 is 11.6 Å². The number of hydrogen-bond acceptors (Lipinski definition) is 6. The Morgan fingerprint density at radius 2 is 1.67 bits per heavy atom. The summed E-state index contributed by atoms with van der Waals surface area (Å²) in [6.45, 7) is 7.91. The molecule has 1 fully saturated rings. The van der Waals surface area contributed by atoms with Crippen molar-refractivity contribution in [3.05, 3.63) is 58.6 Å². The Morgan fingerprint density at radius 3 is 2.40 bits per heavy atom. The number of likely N-dealkylation sites (N-methyl/N-ethyl adjacent to an activating group) is 1. The molecule has 0 N–H and O–H groups in total. The lowest BCUT2D eigenvalue weighted by molar-refractivity contribution is 0.312. The Labute approximate surface area is 181 Å². The second-order valence-electron chi connectivity index (χ2n) is 8.15. The lowest BCUT2D eigenvalue weighted by Gasteiger charge is -2.34. The number of aromatic nitrogens is 4. The van der Waals surface area contributed by atoms with E-state index < -0.39 is 0 Å². The van der Waals surface area contributed by atoms with Crippen molar-refractivity contribution in [2.75, 3.05) is 49.6 Å². The largest absolute Gasteiger partial charge is 0.354 e. The smallest absolute Gasteiger partial charge is 0.134 e. The molecule has 0 spiro atoms. The molecule has 2 aliphatic heterocycles. The van der Waals surface area contributed by atoms with E-state index in [4.69, 9.17) is 21.6 Å². The van der Waals surface area contributed by atoms with Gasteiger partial charge in [-0.2, -0.15) is 5.10 Å². The van der Waals surface area contributed by atoms with Crippen LogP contribution in [0.2, 0.25) is 5.02 Å². The molecule has 0 atom stereocenters. The van der Waals surface area contributed by atoms with Crippen LogP contribution in [0.25, 0.3) is 5.69 Å². The molecule has 156 valence electrons. The average Bonchev–Trinajstić information content (AvgIpc) is 3.19. The lowest BCUT2D eigenvalue weighted by atomic mass is 9.99. The predicted octanol–water partition coefficient (Wildman–Crippen LogP) is 2.94. The summed E-state index contributed by atoms with van der Waals surface area (Å²) in [5.74, 6) is 2.87. The first-order valence-corrected chi connectivity index (χ1v) is 10.8. The van der Waals surface area contributed by atoms with Gasteiger partial charge in [0.25, 0.3) is 0 Å². The summed E-state index contributed by atoms with van der Waals surface area (Å²) >= 11 is 6.05. The van der Waals surface area contributed by atoms with Gasteiger partial charge in [0.2, 0.25) is 0 Å². The van der Waals surface area contributed by atoms with Gasteiger partial charge in [-0.1, -0.05) is 17.7 Å². The lowest BCUT2D eigenvalue weighted by Crippen LogP contribution is -2.45. The van der Waals surface area contributed by atoms with E-state index in [0.717, 1.165) is 68.8 Å². The number of halogens is 1. The zero-order chi connectivity index (χ0) is 20.7. The van der Waals surface area contributed by atoms with E-state index in [9.17, 15) is 0 Å². The quantitative estimate of drug-likeness (QED) is 0.645. The summed E-state index contributed by atoms with van der Waals surface area (Å²) in [4.78, 5) is 16.6. The van der Waals surface area contributed by atoms with Crippen LogP contribution in [0.4, 0.5) is 11.6 Å². The second kappa shape index (κ2) is 7.89. The molecule has 0 aliphatic carbocycles. The third-order valence-electron chi connectivity index (χ3n) is 5.98. The summed E-state index contributed by atoms with van der Waals surface area (Å²) in [5.41, 5.74) is 3.72. The summed E-state index contributed by atoms with van der Waals surface area (Å²) in [5, 5.41) is 4.97. The Bertz CT molecular complexity index is 1060. The molecule has 5 rings (SSSR count). The van der Waals surface area contributed by atoms with E-state index in [1.807, 2.05) is 17.8 Å². The molecule has 2 aromatic heterocycles. The monoisotopic (exact) mass is 423 g/mol. The average molecular weight is 424 g/mol. The number of aryl methyl sites for hydroxylation is 1. The SMILES string of the molecule is Cc1nc(N2CCN(C)CC2)cc(N2CCc3ccc(-n4cc(Cl)cn4)cc3C2)n1. The maximum absolute atomic E-state index is 6.05. The van der Waals surface area contributed by atoms with Crippen molar-refractivity contribution in [2.24, 2.45) is 0 Å². The standard InChI is InChI=1S/C22H26ClN7/c1-16-25-21(28-9-7-27(2)8-10-28)12-22(26-16)29-6-5-17-3-4-20(11-18(17)14-29)30-15-19(23)13-24-30/h3-4,11-13,15H,5-10,14H2,1-2H3.